The number of nitro groups is 1. The molecule has 8 nitrogen and oxygen atoms in total. The number of rotatable bonds is 8. The molecule has 0 amide bonds. The Balaban J connectivity index is 0.000000264. The van der Waals surface area contributed by atoms with Crippen molar-refractivity contribution in [3.63, 3.8) is 0 Å². The smallest absolute Gasteiger partial charge is 0.269 e. The predicted molar refractivity (Wildman–Crippen MR) is 274 cm³/mol. The Labute approximate surface area is 399 Å². The molecule has 67 heavy (non-hydrogen) atoms. The van der Waals surface area contributed by atoms with E-state index in [4.69, 9.17) is 4.74 Å². The molecule has 6 aromatic rings. The average Bonchev–Trinajstić information content (AvgIpc) is 3.22. The summed E-state index contributed by atoms with van der Waals surface area (Å²) in [6.07, 6.45) is 0. The maximum atomic E-state index is 11.5. The third-order valence-corrected chi connectivity index (χ3v) is 12.7. The van der Waals surface area contributed by atoms with Crippen molar-refractivity contribution in [2.24, 2.45) is 0 Å². The number of methoxy groups -OCH3 is 1. The van der Waals surface area contributed by atoms with E-state index in [1.165, 1.54) is 12.1 Å². The maximum Gasteiger partial charge on any atom is 0.269 e. The Morgan fingerprint density at radius 3 is 0.910 bits per heavy atom. The molecule has 8 heteroatoms. The van der Waals surface area contributed by atoms with Gasteiger partial charge in [0.25, 0.3) is 5.69 Å². The third-order valence-electron chi connectivity index (χ3n) is 12.7. The molecule has 0 atom stereocenters. The number of aryl methyl sites for hydroxylation is 4. The van der Waals surface area contributed by atoms with Crippen LogP contribution in [0.1, 0.15) is 173 Å². The zero-order valence-electron chi connectivity index (χ0n) is 42.9. The number of hydrogen-bond donors (Lipinski definition) is 4. The summed E-state index contributed by atoms with van der Waals surface area (Å²) in [5.74, 6) is 1.81. The Hall–Kier alpha value is -6.28. The molecule has 6 rings (SSSR count). The van der Waals surface area contributed by atoms with Gasteiger partial charge in [0.05, 0.1) is 12.0 Å². The van der Waals surface area contributed by atoms with E-state index in [1.807, 2.05) is 64.1 Å². The van der Waals surface area contributed by atoms with Crippen LogP contribution >= 0.6 is 0 Å². The van der Waals surface area contributed by atoms with E-state index in [9.17, 15) is 30.5 Å². The van der Waals surface area contributed by atoms with Crippen molar-refractivity contribution < 1.29 is 30.1 Å². The number of nitrogens with zero attached hydrogens (tertiary/aromatic N) is 1. The Morgan fingerprint density at radius 2 is 0.672 bits per heavy atom. The standard InChI is InChI=1S/C36H50O3.C23H23NO4/c1-33(2,3)26-18-23(19-27(31(26)37)34(4,5)6)30(22-14-16-25(39-13)17-15-22)24-20-28(35(7,8)9)32(38)29(21-24)36(10,11)12;1-13-9-18(10-14(2)22(13)25)21(17-5-7-20(8-6-17)24(27)28)19-11-15(3)23(26)16(4)12-19/h14-21,30,37-38H,1-13H3;5-12,21,25-26H,1-4H3. The number of non-ortho nitro benzene ring substituents is 1. The molecule has 0 unspecified atom stereocenters. The highest BCUT2D eigenvalue weighted by atomic mass is 16.6. The lowest BCUT2D eigenvalue weighted by Crippen LogP contribution is -2.20. The van der Waals surface area contributed by atoms with Gasteiger partial charge in [0.2, 0.25) is 0 Å². The Bertz CT molecular complexity index is 2500. The molecule has 6 aromatic carbocycles. The fourth-order valence-electron chi connectivity index (χ4n) is 8.99. The fourth-order valence-corrected chi connectivity index (χ4v) is 8.99. The van der Waals surface area contributed by atoms with Gasteiger partial charge in [-0.25, -0.2) is 0 Å². The summed E-state index contributed by atoms with van der Waals surface area (Å²) >= 11 is 0. The van der Waals surface area contributed by atoms with Gasteiger partial charge in [-0.2, -0.15) is 0 Å². The zero-order valence-corrected chi connectivity index (χ0v) is 42.9. The van der Waals surface area contributed by atoms with E-state index in [1.54, 1.807) is 19.2 Å². The quantitative estimate of drug-likeness (QED) is 0.0679. The zero-order chi connectivity index (χ0) is 50.3. The largest absolute Gasteiger partial charge is 0.507 e. The van der Waals surface area contributed by atoms with Crippen LogP contribution in [-0.2, 0) is 21.7 Å². The van der Waals surface area contributed by atoms with Gasteiger partial charge >= 0.3 is 0 Å². The summed E-state index contributed by atoms with van der Waals surface area (Å²) in [6, 6.07) is 31.3. The lowest BCUT2D eigenvalue weighted by Gasteiger charge is -2.32. The van der Waals surface area contributed by atoms with Gasteiger partial charge in [-0.15, -0.1) is 0 Å². The van der Waals surface area contributed by atoms with Gasteiger partial charge in [0, 0.05) is 24.0 Å². The van der Waals surface area contributed by atoms with E-state index < -0.39 is 4.92 Å². The Kier molecular flexibility index (Phi) is 14.8. The Morgan fingerprint density at radius 1 is 0.418 bits per heavy atom. The fraction of sp³-hybridized carbons (Fsp3) is 0.390. The van der Waals surface area contributed by atoms with Crippen LogP contribution in [0.5, 0.6) is 28.7 Å². The topological polar surface area (TPSA) is 133 Å². The number of hydrogen-bond acceptors (Lipinski definition) is 7. The molecule has 0 heterocycles. The molecule has 0 aromatic heterocycles. The minimum atomic E-state index is -0.414. The molecule has 0 saturated heterocycles. The van der Waals surface area contributed by atoms with Crippen molar-refractivity contribution in [1.29, 1.82) is 0 Å². The number of benzene rings is 6. The molecule has 0 fully saturated rings. The molecule has 0 radical (unpaired) electrons. The van der Waals surface area contributed by atoms with Gasteiger partial charge in [0.1, 0.15) is 28.7 Å². The van der Waals surface area contributed by atoms with Gasteiger partial charge in [-0.1, -0.05) is 156 Å². The van der Waals surface area contributed by atoms with Crippen molar-refractivity contribution in [3.8, 4) is 28.7 Å². The van der Waals surface area contributed by atoms with Crippen LogP contribution in [0.4, 0.5) is 5.69 Å². The summed E-state index contributed by atoms with van der Waals surface area (Å²) in [4.78, 5) is 10.6. The van der Waals surface area contributed by atoms with Crippen molar-refractivity contribution >= 4 is 5.69 Å². The number of aromatic hydroxyl groups is 4. The van der Waals surface area contributed by atoms with Gasteiger partial charge < -0.3 is 25.2 Å². The van der Waals surface area contributed by atoms with Crippen LogP contribution in [0.15, 0.2) is 97.1 Å². The maximum absolute atomic E-state index is 11.5. The summed E-state index contributed by atoms with van der Waals surface area (Å²) in [7, 11) is 1.68. The van der Waals surface area contributed by atoms with E-state index in [2.05, 4.69) is 119 Å². The SMILES string of the molecule is COc1ccc(C(c2cc(C(C)(C)C)c(O)c(C(C)(C)C)c2)c2cc(C(C)(C)C)c(O)c(C(C)(C)C)c2)cc1.Cc1cc(C(c2ccc([N+](=O)[O-])cc2)c2cc(C)c(O)c(C)c2)cc(C)c1O. The number of ether oxygens (including phenoxy) is 1. The van der Waals surface area contributed by atoms with Crippen LogP contribution in [0, 0.1) is 37.8 Å². The first-order valence-corrected chi connectivity index (χ1v) is 23.1. The van der Waals surface area contributed by atoms with Crippen molar-refractivity contribution in [3.05, 3.63) is 185 Å². The van der Waals surface area contributed by atoms with Crippen molar-refractivity contribution in [1.82, 2.24) is 0 Å². The first kappa shape index (κ1) is 51.7. The molecule has 0 bridgehead atoms. The van der Waals surface area contributed by atoms with E-state index in [0.717, 1.165) is 83.6 Å². The molecule has 0 saturated carbocycles. The normalized spacial score (nSPS) is 12.3. The predicted octanol–water partition coefficient (Wildman–Crippen LogP) is 14.9. The van der Waals surface area contributed by atoms with Crippen LogP contribution in [0.25, 0.3) is 0 Å². The highest BCUT2D eigenvalue weighted by Gasteiger charge is 2.33. The molecule has 4 N–H and O–H groups in total. The van der Waals surface area contributed by atoms with Crippen LogP contribution in [-0.4, -0.2) is 32.5 Å². The van der Waals surface area contributed by atoms with Crippen molar-refractivity contribution in [2.45, 2.75) is 144 Å². The molecule has 356 valence electrons. The van der Waals surface area contributed by atoms with Crippen LogP contribution in [0.3, 0.4) is 0 Å². The third kappa shape index (κ3) is 11.5. The summed E-state index contributed by atoms with van der Waals surface area (Å²) < 4.78 is 5.48. The van der Waals surface area contributed by atoms with Crippen molar-refractivity contribution in [2.75, 3.05) is 7.11 Å². The lowest BCUT2D eigenvalue weighted by molar-refractivity contribution is -0.384. The minimum Gasteiger partial charge on any atom is -0.507 e. The van der Waals surface area contributed by atoms with E-state index >= 15 is 0 Å². The first-order chi connectivity index (χ1) is 30.8. The second-order valence-corrected chi connectivity index (χ2v) is 22.4. The van der Waals surface area contributed by atoms with Gasteiger partial charge in [-0.3, -0.25) is 10.1 Å². The summed E-state index contributed by atoms with van der Waals surface area (Å²) in [5.41, 5.74) is 12.1. The second kappa shape index (κ2) is 19.1. The summed E-state index contributed by atoms with van der Waals surface area (Å²) in [6.45, 7) is 33.2. The minimum absolute atomic E-state index is 0.0404. The summed E-state index contributed by atoms with van der Waals surface area (Å²) in [5, 5.41) is 54.3. The molecule has 0 aliphatic rings. The molecule has 0 aliphatic carbocycles. The molecule has 0 aliphatic heterocycles. The highest BCUT2D eigenvalue weighted by molar-refractivity contribution is 5.59. The highest BCUT2D eigenvalue weighted by Crippen LogP contribution is 2.47. The number of phenols is 4. The van der Waals surface area contributed by atoms with Gasteiger partial charge in [0.15, 0.2) is 0 Å². The number of nitro benzene ring substituents is 1. The van der Waals surface area contributed by atoms with Crippen LogP contribution < -0.4 is 4.74 Å². The monoisotopic (exact) mass is 908 g/mol. The second-order valence-electron chi connectivity index (χ2n) is 22.4. The van der Waals surface area contributed by atoms with Crippen LogP contribution in [0.2, 0.25) is 0 Å². The molecular formula is C59H73NO7. The number of phenolic OH excluding ortho intramolecular Hbond substituents is 4. The molecule has 0 spiro atoms. The van der Waals surface area contributed by atoms with E-state index in [-0.39, 0.29) is 50.7 Å². The van der Waals surface area contributed by atoms with E-state index in [0.29, 0.717) is 11.5 Å². The van der Waals surface area contributed by atoms with Gasteiger partial charge in [-0.05, 0) is 139 Å². The lowest BCUT2D eigenvalue weighted by atomic mass is 9.73. The first-order valence-electron chi connectivity index (χ1n) is 23.1. The molecular weight excluding hydrogens is 835 g/mol. The average molecular weight is 908 g/mol.